The summed E-state index contributed by atoms with van der Waals surface area (Å²) in [5.41, 5.74) is 3.31. The zero-order chi connectivity index (χ0) is 22.6. The minimum Gasteiger partial charge on any atom is -0.495 e. The molecule has 1 fully saturated rings. The highest BCUT2D eigenvalue weighted by molar-refractivity contribution is 6.32. The van der Waals surface area contributed by atoms with E-state index in [1.54, 1.807) is 13.3 Å². The number of pyridine rings is 1. The largest absolute Gasteiger partial charge is 0.495 e. The summed E-state index contributed by atoms with van der Waals surface area (Å²) in [4.78, 5) is 13.1. The molecule has 8 nitrogen and oxygen atoms in total. The maximum Gasteiger partial charge on any atom is 0.144 e. The Bertz CT molecular complexity index is 1270. The third-order valence-corrected chi connectivity index (χ3v) is 5.69. The van der Waals surface area contributed by atoms with Gasteiger partial charge in [-0.15, -0.1) is 0 Å². The molecule has 0 radical (unpaired) electrons. The van der Waals surface area contributed by atoms with Gasteiger partial charge in [0.05, 0.1) is 35.1 Å². The standard InChI is InChI=1S/C24H23ClN6O2/c1-32-23-10-20-18(9-21(23)30-17-11-26-12-17)24(29-14-28-20)31-15-5-6-22(19(25)8-15)33-13-16-4-2-3-7-27-16/h2-10,14,17,26,30H,11-13H2,1H3,(H,28,29,31). The van der Waals surface area contributed by atoms with E-state index in [1.807, 2.05) is 48.5 Å². The zero-order valence-electron chi connectivity index (χ0n) is 18.0. The third-order valence-electron chi connectivity index (χ3n) is 5.39. The number of hydrogen-bond donors (Lipinski definition) is 3. The second-order valence-electron chi connectivity index (χ2n) is 7.67. The Morgan fingerprint density at radius 2 is 1.97 bits per heavy atom. The van der Waals surface area contributed by atoms with Crippen molar-refractivity contribution >= 4 is 39.7 Å². The van der Waals surface area contributed by atoms with Crippen LogP contribution in [0.4, 0.5) is 17.2 Å². The van der Waals surface area contributed by atoms with Gasteiger partial charge in [-0.3, -0.25) is 4.98 Å². The number of halogens is 1. The molecule has 3 heterocycles. The van der Waals surface area contributed by atoms with Crippen LogP contribution < -0.4 is 25.4 Å². The van der Waals surface area contributed by atoms with Gasteiger partial charge in [0.15, 0.2) is 0 Å². The maximum atomic E-state index is 6.47. The molecule has 5 rings (SSSR count). The zero-order valence-corrected chi connectivity index (χ0v) is 18.8. The molecule has 4 aromatic rings. The van der Waals surface area contributed by atoms with Gasteiger partial charge in [-0.05, 0) is 36.4 Å². The summed E-state index contributed by atoms with van der Waals surface area (Å²) in [6, 6.07) is 15.5. The fourth-order valence-corrected chi connectivity index (χ4v) is 3.78. The molecule has 0 spiro atoms. The van der Waals surface area contributed by atoms with Crippen LogP contribution >= 0.6 is 11.6 Å². The quantitative estimate of drug-likeness (QED) is 0.355. The SMILES string of the molecule is COc1cc2ncnc(Nc3ccc(OCc4ccccn4)c(Cl)c3)c2cc1NC1CNC1. The van der Waals surface area contributed by atoms with Crippen molar-refractivity contribution in [1.29, 1.82) is 0 Å². The van der Waals surface area contributed by atoms with Gasteiger partial charge in [-0.2, -0.15) is 0 Å². The summed E-state index contributed by atoms with van der Waals surface area (Å²) >= 11 is 6.47. The van der Waals surface area contributed by atoms with E-state index in [-0.39, 0.29) is 0 Å². The lowest BCUT2D eigenvalue weighted by atomic mass is 10.1. The smallest absolute Gasteiger partial charge is 0.144 e. The number of anilines is 3. The fraction of sp³-hybridized carbons (Fsp3) is 0.208. The van der Waals surface area contributed by atoms with E-state index < -0.39 is 0 Å². The second-order valence-corrected chi connectivity index (χ2v) is 8.08. The number of aromatic nitrogens is 3. The first-order chi connectivity index (χ1) is 16.2. The number of rotatable bonds is 8. The molecule has 1 aliphatic heterocycles. The molecular formula is C24H23ClN6O2. The molecule has 168 valence electrons. The predicted molar refractivity (Wildman–Crippen MR) is 130 cm³/mol. The molecule has 33 heavy (non-hydrogen) atoms. The molecule has 1 saturated heterocycles. The molecule has 0 bridgehead atoms. The maximum absolute atomic E-state index is 6.47. The number of fused-ring (bicyclic) bond motifs is 1. The van der Waals surface area contributed by atoms with Crippen molar-refractivity contribution < 1.29 is 9.47 Å². The van der Waals surface area contributed by atoms with E-state index in [4.69, 9.17) is 21.1 Å². The lowest BCUT2D eigenvalue weighted by Gasteiger charge is -2.29. The van der Waals surface area contributed by atoms with E-state index in [0.29, 0.717) is 29.2 Å². The van der Waals surface area contributed by atoms with Crippen molar-refractivity contribution in [1.82, 2.24) is 20.3 Å². The highest BCUT2D eigenvalue weighted by Gasteiger charge is 2.19. The number of methoxy groups -OCH3 is 1. The van der Waals surface area contributed by atoms with Gasteiger partial charge in [0.1, 0.15) is 30.3 Å². The second kappa shape index (κ2) is 9.48. The molecule has 0 aliphatic carbocycles. The van der Waals surface area contributed by atoms with Crippen molar-refractivity contribution in [2.24, 2.45) is 0 Å². The van der Waals surface area contributed by atoms with E-state index in [1.165, 1.54) is 6.33 Å². The summed E-state index contributed by atoms with van der Waals surface area (Å²) in [6.45, 7) is 2.19. The van der Waals surface area contributed by atoms with Crippen LogP contribution in [0.1, 0.15) is 5.69 Å². The first-order valence-corrected chi connectivity index (χ1v) is 11.0. The minimum atomic E-state index is 0.345. The minimum absolute atomic E-state index is 0.345. The van der Waals surface area contributed by atoms with Crippen LogP contribution in [0.5, 0.6) is 11.5 Å². The predicted octanol–water partition coefficient (Wildman–Crippen LogP) is 4.39. The van der Waals surface area contributed by atoms with Crippen molar-refractivity contribution in [3.63, 3.8) is 0 Å². The number of benzene rings is 2. The van der Waals surface area contributed by atoms with Gasteiger partial charge in [0.2, 0.25) is 0 Å². The Morgan fingerprint density at radius 3 is 2.70 bits per heavy atom. The van der Waals surface area contributed by atoms with Gasteiger partial charge in [-0.1, -0.05) is 17.7 Å². The Hall–Kier alpha value is -3.62. The first kappa shape index (κ1) is 21.2. The molecule has 2 aromatic heterocycles. The lowest BCUT2D eigenvalue weighted by molar-refractivity contribution is 0.301. The number of nitrogens with one attached hydrogen (secondary N) is 3. The van der Waals surface area contributed by atoms with Crippen LogP contribution in [-0.4, -0.2) is 41.2 Å². The monoisotopic (exact) mass is 462 g/mol. The molecule has 1 aliphatic rings. The molecule has 0 amide bonds. The highest BCUT2D eigenvalue weighted by atomic mass is 35.5. The Kier molecular flexibility index (Phi) is 6.10. The molecule has 0 unspecified atom stereocenters. The normalized spacial score (nSPS) is 13.4. The van der Waals surface area contributed by atoms with Gasteiger partial charge in [0, 0.05) is 36.4 Å². The van der Waals surface area contributed by atoms with E-state index in [2.05, 4.69) is 30.9 Å². The Balaban J connectivity index is 1.37. The summed E-state index contributed by atoms with van der Waals surface area (Å²) in [5, 5.41) is 11.5. The van der Waals surface area contributed by atoms with E-state index in [0.717, 1.165) is 46.8 Å². The Morgan fingerprint density at radius 1 is 1.06 bits per heavy atom. The van der Waals surface area contributed by atoms with Crippen molar-refractivity contribution in [2.45, 2.75) is 12.6 Å². The van der Waals surface area contributed by atoms with Gasteiger partial charge < -0.3 is 25.4 Å². The topological polar surface area (TPSA) is 93.2 Å². The summed E-state index contributed by atoms with van der Waals surface area (Å²) < 4.78 is 11.4. The molecule has 0 saturated carbocycles. The molecule has 3 N–H and O–H groups in total. The van der Waals surface area contributed by atoms with Crippen LogP contribution in [0.15, 0.2) is 61.1 Å². The third kappa shape index (κ3) is 4.76. The van der Waals surface area contributed by atoms with Gasteiger partial charge in [-0.25, -0.2) is 9.97 Å². The molecule has 0 atom stereocenters. The van der Waals surface area contributed by atoms with E-state index >= 15 is 0 Å². The van der Waals surface area contributed by atoms with Crippen LogP contribution in [0, 0.1) is 0 Å². The van der Waals surface area contributed by atoms with Crippen LogP contribution in [0.2, 0.25) is 5.02 Å². The van der Waals surface area contributed by atoms with Gasteiger partial charge in [0.25, 0.3) is 0 Å². The molecular weight excluding hydrogens is 440 g/mol. The average Bonchev–Trinajstić information content (AvgIpc) is 2.81. The number of ether oxygens (including phenoxy) is 2. The van der Waals surface area contributed by atoms with Crippen molar-refractivity contribution in [3.8, 4) is 11.5 Å². The summed E-state index contributed by atoms with van der Waals surface area (Å²) in [5.74, 6) is 2.01. The van der Waals surface area contributed by atoms with Crippen LogP contribution in [0.3, 0.4) is 0 Å². The summed E-state index contributed by atoms with van der Waals surface area (Å²) in [7, 11) is 1.66. The van der Waals surface area contributed by atoms with Gasteiger partial charge >= 0.3 is 0 Å². The van der Waals surface area contributed by atoms with Crippen LogP contribution in [-0.2, 0) is 6.61 Å². The number of nitrogens with zero attached hydrogens (tertiary/aromatic N) is 3. The Labute approximate surface area is 196 Å². The van der Waals surface area contributed by atoms with Crippen molar-refractivity contribution in [2.75, 3.05) is 30.8 Å². The highest BCUT2D eigenvalue weighted by Crippen LogP contribution is 2.35. The summed E-state index contributed by atoms with van der Waals surface area (Å²) in [6.07, 6.45) is 3.26. The lowest BCUT2D eigenvalue weighted by Crippen LogP contribution is -2.51. The number of hydrogen-bond acceptors (Lipinski definition) is 8. The molecule has 9 heteroatoms. The van der Waals surface area contributed by atoms with E-state index in [9.17, 15) is 0 Å². The fourth-order valence-electron chi connectivity index (χ4n) is 3.54. The first-order valence-electron chi connectivity index (χ1n) is 10.6. The molecule has 2 aromatic carbocycles. The average molecular weight is 463 g/mol. The van der Waals surface area contributed by atoms with Crippen LogP contribution in [0.25, 0.3) is 10.9 Å². The van der Waals surface area contributed by atoms with Crippen molar-refractivity contribution in [3.05, 3.63) is 71.8 Å².